The first-order valence-corrected chi connectivity index (χ1v) is 7.43. The van der Waals surface area contributed by atoms with Crippen LogP contribution in [0, 0.1) is 0 Å². The average molecular weight is 297 g/mol. The fourth-order valence-electron chi connectivity index (χ4n) is 2.54. The molecule has 2 aromatic rings. The van der Waals surface area contributed by atoms with Crippen molar-refractivity contribution in [2.24, 2.45) is 0 Å². The zero-order valence-electron chi connectivity index (χ0n) is 12.6. The Morgan fingerprint density at radius 3 is 2.82 bits per heavy atom. The quantitative estimate of drug-likeness (QED) is 0.922. The van der Waals surface area contributed by atoms with Gasteiger partial charge in [0.1, 0.15) is 11.5 Å². The Morgan fingerprint density at radius 1 is 1.23 bits per heavy atom. The summed E-state index contributed by atoms with van der Waals surface area (Å²) < 4.78 is 10.6. The molecule has 0 spiro atoms. The van der Waals surface area contributed by atoms with Crippen LogP contribution in [0.3, 0.4) is 0 Å². The van der Waals surface area contributed by atoms with Gasteiger partial charge in [-0.3, -0.25) is 4.79 Å². The molecule has 0 aliphatic carbocycles. The lowest BCUT2D eigenvalue weighted by Crippen LogP contribution is -2.12. The van der Waals surface area contributed by atoms with Crippen molar-refractivity contribution in [1.82, 2.24) is 0 Å². The number of methoxy groups -OCH3 is 1. The van der Waals surface area contributed by atoms with Crippen LogP contribution in [-0.4, -0.2) is 19.6 Å². The number of fused-ring (bicyclic) bond motifs is 1. The average Bonchev–Trinajstić information content (AvgIpc) is 3.01. The third-order valence-electron chi connectivity index (χ3n) is 3.77. The van der Waals surface area contributed by atoms with E-state index in [2.05, 4.69) is 5.32 Å². The molecule has 4 heteroatoms. The molecule has 2 aromatic carbocycles. The number of carbonyl (C=O) groups is 1. The molecule has 0 aromatic heterocycles. The molecule has 0 fully saturated rings. The molecule has 1 heterocycles. The van der Waals surface area contributed by atoms with Crippen LogP contribution in [0.25, 0.3) is 0 Å². The Bertz CT molecular complexity index is 665. The zero-order chi connectivity index (χ0) is 15.4. The van der Waals surface area contributed by atoms with Crippen molar-refractivity contribution in [3.8, 4) is 11.5 Å². The van der Waals surface area contributed by atoms with Crippen LogP contribution in [0.4, 0.5) is 5.69 Å². The van der Waals surface area contributed by atoms with Crippen molar-refractivity contribution in [2.75, 3.05) is 19.0 Å². The smallest absolute Gasteiger partial charge is 0.224 e. The normalized spacial score (nSPS) is 12.4. The van der Waals surface area contributed by atoms with E-state index in [4.69, 9.17) is 9.47 Å². The van der Waals surface area contributed by atoms with Crippen molar-refractivity contribution in [1.29, 1.82) is 0 Å². The number of benzene rings is 2. The van der Waals surface area contributed by atoms with E-state index < -0.39 is 0 Å². The van der Waals surface area contributed by atoms with Crippen LogP contribution in [0.1, 0.15) is 17.5 Å². The Kier molecular flexibility index (Phi) is 4.28. The molecule has 0 saturated heterocycles. The Labute approximate surface area is 130 Å². The molecule has 0 saturated carbocycles. The highest BCUT2D eigenvalue weighted by Gasteiger charge is 2.12. The van der Waals surface area contributed by atoms with Gasteiger partial charge in [0.2, 0.25) is 5.91 Å². The highest BCUT2D eigenvalue weighted by Crippen LogP contribution is 2.27. The molecule has 0 bridgehead atoms. The number of anilines is 1. The van der Waals surface area contributed by atoms with Gasteiger partial charge < -0.3 is 14.8 Å². The van der Waals surface area contributed by atoms with Crippen LogP contribution in [0.15, 0.2) is 42.5 Å². The standard InChI is InChI=1S/C18H19NO3/c1-21-16-6-2-13(3-7-16)4-9-18(20)19-15-5-8-17-14(12-15)10-11-22-17/h2-3,5-8,12H,4,9-11H2,1H3,(H,19,20). The van der Waals surface area contributed by atoms with E-state index in [0.717, 1.165) is 41.3 Å². The van der Waals surface area contributed by atoms with Gasteiger partial charge in [-0.1, -0.05) is 12.1 Å². The fraction of sp³-hybridized carbons (Fsp3) is 0.278. The molecule has 3 rings (SSSR count). The lowest BCUT2D eigenvalue weighted by molar-refractivity contribution is -0.116. The zero-order valence-corrected chi connectivity index (χ0v) is 12.6. The number of aryl methyl sites for hydroxylation is 1. The van der Waals surface area contributed by atoms with Gasteiger partial charge in [0.05, 0.1) is 13.7 Å². The molecule has 4 nitrogen and oxygen atoms in total. The van der Waals surface area contributed by atoms with E-state index in [-0.39, 0.29) is 5.91 Å². The van der Waals surface area contributed by atoms with Gasteiger partial charge in [-0.05, 0) is 47.9 Å². The predicted molar refractivity (Wildman–Crippen MR) is 85.6 cm³/mol. The minimum Gasteiger partial charge on any atom is -0.497 e. The summed E-state index contributed by atoms with van der Waals surface area (Å²) in [4.78, 5) is 12.0. The lowest BCUT2D eigenvalue weighted by Gasteiger charge is -2.07. The van der Waals surface area contributed by atoms with E-state index in [9.17, 15) is 4.79 Å². The van der Waals surface area contributed by atoms with Gasteiger partial charge >= 0.3 is 0 Å². The van der Waals surface area contributed by atoms with Crippen LogP contribution in [0.5, 0.6) is 11.5 Å². The third kappa shape index (κ3) is 3.39. The van der Waals surface area contributed by atoms with Crippen LogP contribution in [-0.2, 0) is 17.6 Å². The number of hydrogen-bond donors (Lipinski definition) is 1. The highest BCUT2D eigenvalue weighted by molar-refractivity contribution is 5.91. The first kappa shape index (κ1) is 14.4. The summed E-state index contributed by atoms with van der Waals surface area (Å²) in [5.41, 5.74) is 3.12. The maximum Gasteiger partial charge on any atom is 0.224 e. The number of amides is 1. The molecule has 1 N–H and O–H groups in total. The van der Waals surface area contributed by atoms with Crippen molar-refractivity contribution >= 4 is 11.6 Å². The van der Waals surface area contributed by atoms with Gasteiger partial charge in [-0.2, -0.15) is 0 Å². The first-order valence-electron chi connectivity index (χ1n) is 7.43. The van der Waals surface area contributed by atoms with Crippen molar-refractivity contribution in [3.63, 3.8) is 0 Å². The molecule has 1 amide bonds. The van der Waals surface area contributed by atoms with Gasteiger partial charge in [-0.25, -0.2) is 0 Å². The van der Waals surface area contributed by atoms with Gasteiger partial charge in [0.15, 0.2) is 0 Å². The summed E-state index contributed by atoms with van der Waals surface area (Å²) >= 11 is 0. The number of hydrogen-bond acceptors (Lipinski definition) is 3. The molecule has 1 aliphatic heterocycles. The van der Waals surface area contributed by atoms with Crippen LogP contribution in [0.2, 0.25) is 0 Å². The molecule has 22 heavy (non-hydrogen) atoms. The van der Waals surface area contributed by atoms with Gasteiger partial charge in [0, 0.05) is 18.5 Å². The molecular formula is C18H19NO3. The second-order valence-electron chi connectivity index (χ2n) is 5.32. The minimum absolute atomic E-state index is 0.0229. The molecule has 0 atom stereocenters. The number of nitrogens with one attached hydrogen (secondary N) is 1. The van der Waals surface area contributed by atoms with E-state index in [1.54, 1.807) is 7.11 Å². The SMILES string of the molecule is COc1ccc(CCC(=O)Nc2ccc3c(c2)CCO3)cc1. The summed E-state index contributed by atoms with van der Waals surface area (Å²) in [5, 5.41) is 2.95. The van der Waals surface area contributed by atoms with Crippen LogP contribution >= 0.6 is 0 Å². The largest absolute Gasteiger partial charge is 0.497 e. The summed E-state index contributed by atoms with van der Waals surface area (Å²) in [5.74, 6) is 1.78. The number of carbonyl (C=O) groups excluding carboxylic acids is 1. The Hall–Kier alpha value is -2.49. The Balaban J connectivity index is 1.53. The molecule has 0 unspecified atom stereocenters. The second kappa shape index (κ2) is 6.52. The topological polar surface area (TPSA) is 47.6 Å². The predicted octanol–water partition coefficient (Wildman–Crippen LogP) is 3.20. The lowest BCUT2D eigenvalue weighted by atomic mass is 10.1. The first-order chi connectivity index (χ1) is 10.7. The van der Waals surface area contributed by atoms with Gasteiger partial charge in [-0.15, -0.1) is 0 Å². The second-order valence-corrected chi connectivity index (χ2v) is 5.32. The Morgan fingerprint density at radius 2 is 2.05 bits per heavy atom. The summed E-state index contributed by atoms with van der Waals surface area (Å²) in [7, 11) is 1.64. The summed E-state index contributed by atoms with van der Waals surface area (Å²) in [6, 6.07) is 13.6. The molecule has 0 radical (unpaired) electrons. The van der Waals surface area contributed by atoms with Crippen molar-refractivity contribution in [3.05, 3.63) is 53.6 Å². The summed E-state index contributed by atoms with van der Waals surface area (Å²) in [6.45, 7) is 0.726. The maximum atomic E-state index is 12.0. The molecular weight excluding hydrogens is 278 g/mol. The third-order valence-corrected chi connectivity index (χ3v) is 3.77. The molecule has 1 aliphatic rings. The van der Waals surface area contributed by atoms with Crippen molar-refractivity contribution in [2.45, 2.75) is 19.3 Å². The number of rotatable bonds is 5. The van der Waals surface area contributed by atoms with Gasteiger partial charge in [0.25, 0.3) is 0 Å². The van der Waals surface area contributed by atoms with Crippen molar-refractivity contribution < 1.29 is 14.3 Å². The maximum absolute atomic E-state index is 12.0. The van der Waals surface area contributed by atoms with E-state index >= 15 is 0 Å². The number of ether oxygens (including phenoxy) is 2. The van der Waals surface area contributed by atoms with Crippen LogP contribution < -0.4 is 14.8 Å². The van der Waals surface area contributed by atoms with E-state index in [0.29, 0.717) is 12.8 Å². The summed E-state index contributed by atoms with van der Waals surface area (Å²) in [6.07, 6.45) is 2.08. The minimum atomic E-state index is 0.0229. The monoisotopic (exact) mass is 297 g/mol. The highest BCUT2D eigenvalue weighted by atomic mass is 16.5. The van der Waals surface area contributed by atoms with E-state index in [1.807, 2.05) is 42.5 Å². The fourth-order valence-corrected chi connectivity index (χ4v) is 2.54. The van der Waals surface area contributed by atoms with E-state index in [1.165, 1.54) is 0 Å². The molecule has 114 valence electrons.